The van der Waals surface area contributed by atoms with Gasteiger partial charge in [0.25, 0.3) is 21.6 Å². The van der Waals surface area contributed by atoms with Crippen molar-refractivity contribution in [1.29, 1.82) is 0 Å². The van der Waals surface area contributed by atoms with Crippen LogP contribution in [-0.4, -0.2) is 50.3 Å². The lowest BCUT2D eigenvalue weighted by Crippen LogP contribution is -2.36. The van der Waals surface area contributed by atoms with Crippen molar-refractivity contribution in [3.8, 4) is 0 Å². The van der Waals surface area contributed by atoms with Gasteiger partial charge >= 0.3 is 5.97 Å². The van der Waals surface area contributed by atoms with E-state index in [9.17, 15) is 28.1 Å². The predicted octanol–water partition coefficient (Wildman–Crippen LogP) is 3.37. The number of methoxy groups -OCH3 is 1. The summed E-state index contributed by atoms with van der Waals surface area (Å²) in [6.45, 7) is 6.06. The third kappa shape index (κ3) is 7.01. The maximum Gasteiger partial charge on any atom is 0.307 e. The van der Waals surface area contributed by atoms with Crippen LogP contribution in [0.15, 0.2) is 47.4 Å². The topological polar surface area (TPSA) is 136 Å². The summed E-state index contributed by atoms with van der Waals surface area (Å²) in [4.78, 5) is 36.1. The number of aryl methyl sites for hydroxylation is 1. The fraction of sp³-hybridized carbons (Fsp3) is 0.364. The lowest BCUT2D eigenvalue weighted by atomic mass is 10.1. The summed E-state index contributed by atoms with van der Waals surface area (Å²) in [5, 5.41) is 11.1. The third-order valence-corrected chi connectivity index (χ3v) is 6.14. The highest BCUT2D eigenvalue weighted by atomic mass is 32.2. The van der Waals surface area contributed by atoms with E-state index in [1.165, 1.54) is 50.4 Å². The highest BCUT2D eigenvalue weighted by molar-refractivity contribution is 7.92. The molecule has 1 amide bonds. The number of nitro groups is 1. The van der Waals surface area contributed by atoms with Crippen LogP contribution >= 0.6 is 0 Å². The van der Waals surface area contributed by atoms with Crippen molar-refractivity contribution in [2.75, 3.05) is 24.9 Å². The smallest absolute Gasteiger partial charge is 0.307 e. The number of hydrogen-bond acceptors (Lipinski definition) is 7. The van der Waals surface area contributed by atoms with Crippen LogP contribution in [0.3, 0.4) is 0 Å². The maximum absolute atomic E-state index is 12.9. The van der Waals surface area contributed by atoms with E-state index < -0.39 is 20.9 Å². The fourth-order valence-corrected chi connectivity index (χ4v) is 4.15. The number of amides is 1. The first-order valence-electron chi connectivity index (χ1n) is 10.2. The van der Waals surface area contributed by atoms with Crippen LogP contribution in [0.25, 0.3) is 0 Å². The lowest BCUT2D eigenvalue weighted by Gasteiger charge is -2.24. The van der Waals surface area contributed by atoms with Gasteiger partial charge in [-0.1, -0.05) is 19.9 Å². The van der Waals surface area contributed by atoms with Gasteiger partial charge in [-0.25, -0.2) is 8.42 Å². The Morgan fingerprint density at radius 1 is 1.15 bits per heavy atom. The molecule has 2 aromatic carbocycles. The van der Waals surface area contributed by atoms with E-state index >= 15 is 0 Å². The molecule has 2 rings (SSSR count). The zero-order valence-corrected chi connectivity index (χ0v) is 19.7. The van der Waals surface area contributed by atoms with Gasteiger partial charge in [0.2, 0.25) is 0 Å². The van der Waals surface area contributed by atoms with Crippen LogP contribution in [0.5, 0.6) is 0 Å². The predicted molar refractivity (Wildman–Crippen MR) is 122 cm³/mol. The molecule has 0 aliphatic carbocycles. The number of carbonyl (C=O) groups is 2. The quantitative estimate of drug-likeness (QED) is 0.315. The lowest BCUT2D eigenvalue weighted by molar-refractivity contribution is -0.385. The minimum atomic E-state index is -4.07. The Bertz CT molecular complexity index is 1130. The average molecular weight is 478 g/mol. The van der Waals surface area contributed by atoms with E-state index in [4.69, 9.17) is 0 Å². The van der Waals surface area contributed by atoms with Gasteiger partial charge < -0.3 is 9.64 Å². The number of ether oxygens (including phenoxy) is 1. The van der Waals surface area contributed by atoms with Crippen LogP contribution in [0.2, 0.25) is 0 Å². The van der Waals surface area contributed by atoms with E-state index in [1.54, 1.807) is 4.90 Å². The third-order valence-electron chi connectivity index (χ3n) is 4.76. The van der Waals surface area contributed by atoms with Crippen molar-refractivity contribution in [3.05, 3.63) is 63.7 Å². The Labute approximate surface area is 192 Å². The number of carbonyl (C=O) groups excluding carboxylic acids is 2. The first-order valence-corrected chi connectivity index (χ1v) is 11.7. The van der Waals surface area contributed by atoms with Crippen LogP contribution in [0.1, 0.15) is 36.2 Å². The second kappa shape index (κ2) is 10.9. The summed E-state index contributed by atoms with van der Waals surface area (Å²) in [7, 11) is -2.79. The second-order valence-corrected chi connectivity index (χ2v) is 9.54. The summed E-state index contributed by atoms with van der Waals surface area (Å²) in [5.41, 5.74) is 0.574. The van der Waals surface area contributed by atoms with Gasteiger partial charge in [-0.3, -0.25) is 24.4 Å². The SMILES string of the molecule is COC(=O)CCN(CC(C)C)C(=O)c1ccc(NS(=O)(=O)c2ccc(C)c([N+](=O)[O-])c2)cc1. The van der Waals surface area contributed by atoms with Crippen molar-refractivity contribution in [2.45, 2.75) is 32.1 Å². The molecule has 11 heteroatoms. The molecule has 0 unspecified atom stereocenters. The van der Waals surface area contributed by atoms with Crippen molar-refractivity contribution < 1.29 is 27.7 Å². The first kappa shape index (κ1) is 25.8. The number of benzene rings is 2. The van der Waals surface area contributed by atoms with Gasteiger partial charge in [-0.15, -0.1) is 0 Å². The molecule has 178 valence electrons. The molecule has 0 spiro atoms. The van der Waals surface area contributed by atoms with Crippen molar-refractivity contribution >= 4 is 33.3 Å². The first-order chi connectivity index (χ1) is 15.4. The molecule has 33 heavy (non-hydrogen) atoms. The molecular weight excluding hydrogens is 450 g/mol. The Morgan fingerprint density at radius 2 is 1.79 bits per heavy atom. The maximum atomic E-state index is 12.9. The zero-order valence-electron chi connectivity index (χ0n) is 18.9. The summed E-state index contributed by atoms with van der Waals surface area (Å²) >= 11 is 0. The Morgan fingerprint density at radius 3 is 2.33 bits per heavy atom. The number of sulfonamides is 1. The molecule has 0 aliphatic rings. The number of anilines is 1. The van der Waals surface area contributed by atoms with Crippen LogP contribution < -0.4 is 4.72 Å². The molecule has 0 fully saturated rings. The van der Waals surface area contributed by atoms with Gasteiger partial charge in [0.05, 0.1) is 23.3 Å². The molecule has 0 radical (unpaired) electrons. The summed E-state index contributed by atoms with van der Waals surface area (Å²) < 4.78 is 32.3. The van der Waals surface area contributed by atoms with Crippen molar-refractivity contribution in [2.24, 2.45) is 5.92 Å². The van der Waals surface area contributed by atoms with Crippen molar-refractivity contribution in [3.63, 3.8) is 0 Å². The van der Waals surface area contributed by atoms with Gasteiger partial charge in [0.1, 0.15) is 0 Å². The Kier molecular flexibility index (Phi) is 8.52. The molecule has 0 aliphatic heterocycles. The number of nitrogens with one attached hydrogen (secondary N) is 1. The second-order valence-electron chi connectivity index (χ2n) is 7.86. The Balaban J connectivity index is 2.19. The van der Waals surface area contributed by atoms with Gasteiger partial charge in [-0.05, 0) is 43.2 Å². The molecule has 0 saturated heterocycles. The van der Waals surface area contributed by atoms with E-state index in [0.717, 1.165) is 6.07 Å². The molecule has 0 heterocycles. The molecule has 1 N–H and O–H groups in total. The van der Waals surface area contributed by atoms with Gasteiger partial charge in [-0.2, -0.15) is 0 Å². The molecule has 2 aromatic rings. The highest BCUT2D eigenvalue weighted by Gasteiger charge is 2.21. The Hall–Kier alpha value is -3.47. The fourth-order valence-electron chi connectivity index (χ4n) is 3.08. The molecule has 0 atom stereocenters. The summed E-state index contributed by atoms with van der Waals surface area (Å²) in [5.74, 6) is -0.537. The molecule has 0 aromatic heterocycles. The minimum absolute atomic E-state index is 0.0650. The molecule has 0 bridgehead atoms. The molecular formula is C22H27N3O7S. The van der Waals surface area contributed by atoms with Crippen molar-refractivity contribution in [1.82, 2.24) is 4.90 Å². The molecule has 10 nitrogen and oxygen atoms in total. The van der Waals surface area contributed by atoms with E-state index in [1.807, 2.05) is 13.8 Å². The van der Waals surface area contributed by atoms with Crippen LogP contribution in [0, 0.1) is 23.0 Å². The van der Waals surface area contributed by atoms with Gasteiger partial charge in [0, 0.05) is 36.0 Å². The minimum Gasteiger partial charge on any atom is -0.469 e. The largest absolute Gasteiger partial charge is 0.469 e. The van der Waals surface area contributed by atoms with E-state index in [-0.39, 0.29) is 41.1 Å². The number of nitro benzene ring substituents is 1. The monoisotopic (exact) mass is 477 g/mol. The van der Waals surface area contributed by atoms with Gasteiger partial charge in [0.15, 0.2) is 0 Å². The highest BCUT2D eigenvalue weighted by Crippen LogP contribution is 2.24. The average Bonchev–Trinajstić information content (AvgIpc) is 2.75. The van der Waals surface area contributed by atoms with E-state index in [2.05, 4.69) is 9.46 Å². The number of esters is 1. The van der Waals surface area contributed by atoms with Crippen LogP contribution in [0.4, 0.5) is 11.4 Å². The number of hydrogen-bond donors (Lipinski definition) is 1. The zero-order chi connectivity index (χ0) is 24.8. The van der Waals surface area contributed by atoms with Crippen LogP contribution in [-0.2, 0) is 19.6 Å². The summed E-state index contributed by atoms with van der Waals surface area (Å²) in [6.07, 6.45) is 0.0650. The molecule has 0 saturated carbocycles. The standard InChI is InChI=1S/C22H27N3O7S/c1-15(2)14-24(12-11-21(26)32-4)22(27)17-6-8-18(9-7-17)23-33(30,31)19-10-5-16(3)20(13-19)25(28)29/h5-10,13,15,23H,11-12,14H2,1-4H3. The summed E-state index contributed by atoms with van der Waals surface area (Å²) in [6, 6.07) is 9.47. The number of rotatable bonds is 10. The number of nitrogens with zero attached hydrogens (tertiary/aromatic N) is 2. The normalized spacial score (nSPS) is 11.2. The van der Waals surface area contributed by atoms with E-state index in [0.29, 0.717) is 17.7 Å².